The first-order valence-corrected chi connectivity index (χ1v) is 9.19. The number of likely N-dealkylation sites (tertiary alicyclic amines) is 1. The van der Waals surface area contributed by atoms with E-state index in [1.807, 2.05) is 19.2 Å². The molecule has 4 heteroatoms. The van der Waals surface area contributed by atoms with E-state index >= 15 is 0 Å². The van der Waals surface area contributed by atoms with Gasteiger partial charge in [-0.1, -0.05) is 12.1 Å². The van der Waals surface area contributed by atoms with E-state index in [1.165, 1.54) is 30.6 Å². The lowest BCUT2D eigenvalue weighted by atomic mass is 9.94. The lowest BCUT2D eigenvalue weighted by molar-refractivity contribution is 0.199. The lowest BCUT2D eigenvalue weighted by Crippen LogP contribution is -2.34. The number of piperidine rings is 1. The van der Waals surface area contributed by atoms with E-state index in [0.29, 0.717) is 12.5 Å². The highest BCUT2D eigenvalue weighted by atomic mass is 16.5. The van der Waals surface area contributed by atoms with Gasteiger partial charge in [-0.25, -0.2) is 0 Å². The van der Waals surface area contributed by atoms with E-state index in [9.17, 15) is 0 Å². The van der Waals surface area contributed by atoms with Gasteiger partial charge in [-0.2, -0.15) is 0 Å². The smallest absolute Gasteiger partial charge is 0.119 e. The first-order chi connectivity index (χ1) is 12.3. The van der Waals surface area contributed by atoms with Crippen LogP contribution in [0.15, 0.2) is 48.7 Å². The average Bonchev–Trinajstić information content (AvgIpc) is 3.08. The Morgan fingerprint density at radius 1 is 1.24 bits per heavy atom. The molecule has 3 heterocycles. The summed E-state index contributed by atoms with van der Waals surface area (Å²) in [6.45, 7) is 6.00. The highest BCUT2D eigenvalue weighted by Crippen LogP contribution is 2.29. The zero-order valence-corrected chi connectivity index (χ0v) is 14.7. The van der Waals surface area contributed by atoms with Gasteiger partial charge in [-0.15, -0.1) is 0 Å². The minimum atomic E-state index is 0.561. The van der Waals surface area contributed by atoms with Crippen molar-refractivity contribution in [1.82, 2.24) is 14.9 Å². The zero-order chi connectivity index (χ0) is 17.1. The summed E-state index contributed by atoms with van der Waals surface area (Å²) in [4.78, 5) is 10.6. The Bertz CT molecular complexity index is 792. The van der Waals surface area contributed by atoms with Gasteiger partial charge in [0.15, 0.2) is 0 Å². The molecular formula is C21H25N3O. The number of hydrogen-bond donors (Lipinski definition) is 1. The van der Waals surface area contributed by atoms with Gasteiger partial charge in [-0.3, -0.25) is 9.88 Å². The number of pyridine rings is 1. The van der Waals surface area contributed by atoms with Gasteiger partial charge >= 0.3 is 0 Å². The van der Waals surface area contributed by atoms with Gasteiger partial charge in [0, 0.05) is 30.9 Å². The third kappa shape index (κ3) is 3.69. The van der Waals surface area contributed by atoms with Crippen LogP contribution in [0.2, 0.25) is 0 Å². The van der Waals surface area contributed by atoms with Crippen molar-refractivity contribution in [2.45, 2.75) is 32.2 Å². The molecule has 130 valence electrons. The number of rotatable bonds is 5. The van der Waals surface area contributed by atoms with E-state index in [0.717, 1.165) is 29.9 Å². The van der Waals surface area contributed by atoms with Gasteiger partial charge < -0.3 is 9.72 Å². The summed E-state index contributed by atoms with van der Waals surface area (Å²) in [6.07, 6.45) is 4.34. The van der Waals surface area contributed by atoms with Crippen molar-refractivity contribution in [3.8, 4) is 5.75 Å². The molecule has 3 aromatic rings. The molecule has 1 aliphatic heterocycles. The summed E-state index contributed by atoms with van der Waals surface area (Å²) in [7, 11) is 0. The highest BCUT2D eigenvalue weighted by molar-refractivity contribution is 5.75. The number of hydrogen-bond acceptors (Lipinski definition) is 3. The molecule has 0 unspecified atom stereocenters. The summed E-state index contributed by atoms with van der Waals surface area (Å²) in [5, 5.41) is 0. The SMILES string of the molecule is CCOc1ccc(CN2CCC[C@@H](c3cc4ncccc4[nH]3)C2)cc1. The first-order valence-electron chi connectivity index (χ1n) is 9.19. The van der Waals surface area contributed by atoms with Gasteiger partial charge in [0.2, 0.25) is 0 Å². The molecule has 1 atom stereocenters. The second kappa shape index (κ2) is 7.28. The lowest BCUT2D eigenvalue weighted by Gasteiger charge is -2.32. The molecule has 4 rings (SSSR count). The molecule has 0 radical (unpaired) electrons. The highest BCUT2D eigenvalue weighted by Gasteiger charge is 2.23. The van der Waals surface area contributed by atoms with E-state index in [1.54, 1.807) is 0 Å². The second-order valence-corrected chi connectivity index (χ2v) is 6.81. The van der Waals surface area contributed by atoms with Gasteiger partial charge in [0.25, 0.3) is 0 Å². The predicted octanol–water partition coefficient (Wildman–Crippen LogP) is 4.34. The fourth-order valence-corrected chi connectivity index (χ4v) is 3.77. The Kier molecular flexibility index (Phi) is 4.70. The van der Waals surface area contributed by atoms with Crippen LogP contribution < -0.4 is 4.74 Å². The van der Waals surface area contributed by atoms with Crippen LogP contribution in [0, 0.1) is 0 Å². The second-order valence-electron chi connectivity index (χ2n) is 6.81. The molecule has 2 aromatic heterocycles. The third-order valence-corrected chi connectivity index (χ3v) is 5.00. The molecule has 1 fully saturated rings. The van der Waals surface area contributed by atoms with E-state index in [4.69, 9.17) is 4.74 Å². The van der Waals surface area contributed by atoms with Crippen LogP contribution >= 0.6 is 0 Å². The molecule has 25 heavy (non-hydrogen) atoms. The van der Waals surface area contributed by atoms with Crippen molar-refractivity contribution < 1.29 is 4.74 Å². The predicted molar refractivity (Wildman–Crippen MR) is 101 cm³/mol. The van der Waals surface area contributed by atoms with Crippen molar-refractivity contribution in [3.63, 3.8) is 0 Å². The largest absolute Gasteiger partial charge is 0.494 e. The van der Waals surface area contributed by atoms with Crippen LogP contribution in [-0.4, -0.2) is 34.6 Å². The molecule has 0 aliphatic carbocycles. The van der Waals surface area contributed by atoms with E-state index in [2.05, 4.69) is 51.3 Å². The van der Waals surface area contributed by atoms with Crippen molar-refractivity contribution >= 4 is 11.0 Å². The number of nitrogens with one attached hydrogen (secondary N) is 1. The molecule has 1 aliphatic rings. The zero-order valence-electron chi connectivity index (χ0n) is 14.7. The molecular weight excluding hydrogens is 310 g/mol. The van der Waals surface area contributed by atoms with Gasteiger partial charge in [0.1, 0.15) is 5.75 Å². The maximum absolute atomic E-state index is 5.53. The normalized spacial score (nSPS) is 18.5. The van der Waals surface area contributed by atoms with Crippen LogP contribution in [0.1, 0.15) is 36.9 Å². The standard InChI is InChI=1S/C21H25N3O/c1-2-25-18-9-7-16(8-10-18)14-24-12-4-5-17(15-24)20-13-21-19(23-20)6-3-11-22-21/h3,6-11,13,17,23H,2,4-5,12,14-15H2,1H3/t17-/m1/s1. The maximum atomic E-state index is 5.53. The van der Waals surface area contributed by atoms with E-state index < -0.39 is 0 Å². The topological polar surface area (TPSA) is 41.1 Å². The molecule has 0 amide bonds. The van der Waals surface area contributed by atoms with Gasteiger partial charge in [-0.05, 0) is 62.2 Å². The number of ether oxygens (including phenoxy) is 1. The number of benzene rings is 1. The monoisotopic (exact) mass is 335 g/mol. The quantitative estimate of drug-likeness (QED) is 0.754. The maximum Gasteiger partial charge on any atom is 0.119 e. The summed E-state index contributed by atoms with van der Waals surface area (Å²) in [6, 6.07) is 14.8. The number of fused-ring (bicyclic) bond motifs is 1. The van der Waals surface area contributed by atoms with Crippen molar-refractivity contribution in [3.05, 3.63) is 59.9 Å². The third-order valence-electron chi connectivity index (χ3n) is 5.00. The summed E-state index contributed by atoms with van der Waals surface area (Å²) in [5.74, 6) is 1.51. The van der Waals surface area contributed by atoms with Crippen molar-refractivity contribution in [2.75, 3.05) is 19.7 Å². The molecule has 0 saturated carbocycles. The summed E-state index contributed by atoms with van der Waals surface area (Å²) >= 11 is 0. The molecule has 0 spiro atoms. The van der Waals surface area contributed by atoms with Gasteiger partial charge in [0.05, 0.1) is 17.6 Å². The van der Waals surface area contributed by atoms with Crippen molar-refractivity contribution in [1.29, 1.82) is 0 Å². The number of aromatic nitrogens is 2. The van der Waals surface area contributed by atoms with Crippen LogP contribution in [0.5, 0.6) is 5.75 Å². The molecule has 4 nitrogen and oxygen atoms in total. The number of nitrogens with zero attached hydrogens (tertiary/aromatic N) is 2. The molecule has 1 N–H and O–H groups in total. The Morgan fingerprint density at radius 3 is 2.92 bits per heavy atom. The first kappa shape index (κ1) is 16.2. The minimum Gasteiger partial charge on any atom is -0.494 e. The van der Waals surface area contributed by atoms with Crippen molar-refractivity contribution in [2.24, 2.45) is 0 Å². The van der Waals surface area contributed by atoms with Crippen LogP contribution in [-0.2, 0) is 6.54 Å². The van der Waals surface area contributed by atoms with Crippen LogP contribution in [0.4, 0.5) is 0 Å². The average molecular weight is 335 g/mol. The van der Waals surface area contributed by atoms with Crippen LogP contribution in [0.3, 0.4) is 0 Å². The Hall–Kier alpha value is -2.33. The Labute approximate surface area is 148 Å². The fraction of sp³-hybridized carbons (Fsp3) is 0.381. The van der Waals surface area contributed by atoms with Crippen LogP contribution in [0.25, 0.3) is 11.0 Å². The number of H-pyrrole nitrogens is 1. The molecule has 1 saturated heterocycles. The number of aromatic amines is 1. The Morgan fingerprint density at radius 2 is 2.12 bits per heavy atom. The minimum absolute atomic E-state index is 0.561. The van der Waals surface area contributed by atoms with E-state index in [-0.39, 0.29) is 0 Å². The summed E-state index contributed by atoms with van der Waals surface area (Å²) in [5.41, 5.74) is 4.88. The summed E-state index contributed by atoms with van der Waals surface area (Å²) < 4.78 is 5.53. The molecule has 1 aromatic carbocycles. The fourth-order valence-electron chi connectivity index (χ4n) is 3.77. The molecule has 0 bridgehead atoms. The Balaban J connectivity index is 1.43.